The molecular weight excluding hydrogens is 229 g/mol. The maximum atomic E-state index is 12.8. The topological polar surface area (TPSA) is 23.5 Å². The van der Waals surface area contributed by atoms with Crippen molar-refractivity contribution in [3.8, 4) is 0 Å². The van der Waals surface area contributed by atoms with Crippen molar-refractivity contribution in [2.45, 2.75) is 44.9 Å². The Hall–Kier alpha value is -0.930. The maximum absolute atomic E-state index is 12.8. The van der Waals surface area contributed by atoms with Crippen LogP contribution in [0.15, 0.2) is 24.3 Å². The zero-order chi connectivity index (χ0) is 13.1. The average Bonchev–Trinajstić information content (AvgIpc) is 2.35. The fourth-order valence-corrected chi connectivity index (χ4v) is 2.80. The lowest BCUT2D eigenvalue weighted by Gasteiger charge is -2.38. The summed E-state index contributed by atoms with van der Waals surface area (Å²) in [6, 6.07) is 6.82. The molecular formula is C15H22FNO. The number of likely N-dealkylation sites (N-methyl/N-ethyl adjacent to an activating group) is 1. The Bertz CT molecular complexity index is 379. The summed E-state index contributed by atoms with van der Waals surface area (Å²) in [6.07, 6.45) is 2.81. The van der Waals surface area contributed by atoms with Gasteiger partial charge in [0.25, 0.3) is 0 Å². The molecule has 0 aliphatic heterocycles. The van der Waals surface area contributed by atoms with Crippen molar-refractivity contribution in [2.24, 2.45) is 5.92 Å². The van der Waals surface area contributed by atoms with Gasteiger partial charge in [0.2, 0.25) is 0 Å². The number of nitrogens with zero attached hydrogens (tertiary/aromatic N) is 1. The lowest BCUT2D eigenvalue weighted by Crippen LogP contribution is -2.44. The SMILES string of the molecule is CC1CCC(O)C(N(C)Cc2ccc(F)cc2)C1. The van der Waals surface area contributed by atoms with Gasteiger partial charge in [0, 0.05) is 12.6 Å². The summed E-state index contributed by atoms with van der Waals surface area (Å²) in [5.41, 5.74) is 1.09. The highest BCUT2D eigenvalue weighted by Crippen LogP contribution is 2.27. The van der Waals surface area contributed by atoms with Gasteiger partial charge in [-0.1, -0.05) is 19.1 Å². The van der Waals surface area contributed by atoms with Crippen molar-refractivity contribution in [2.75, 3.05) is 7.05 Å². The predicted octanol–water partition coefficient (Wildman–Crippen LogP) is 2.81. The molecule has 1 aromatic rings. The third kappa shape index (κ3) is 3.30. The Morgan fingerprint density at radius 1 is 1.28 bits per heavy atom. The van der Waals surface area contributed by atoms with Crippen LogP contribution in [0.25, 0.3) is 0 Å². The van der Waals surface area contributed by atoms with Crippen molar-refractivity contribution in [3.63, 3.8) is 0 Å². The summed E-state index contributed by atoms with van der Waals surface area (Å²) in [4.78, 5) is 2.19. The van der Waals surface area contributed by atoms with Gasteiger partial charge in [-0.05, 0) is 49.9 Å². The van der Waals surface area contributed by atoms with E-state index in [1.54, 1.807) is 0 Å². The number of aliphatic hydroxyl groups excluding tert-OH is 1. The van der Waals surface area contributed by atoms with Crippen LogP contribution in [0.1, 0.15) is 31.7 Å². The highest BCUT2D eigenvalue weighted by Gasteiger charge is 2.29. The minimum atomic E-state index is -0.230. The largest absolute Gasteiger partial charge is 0.391 e. The van der Waals surface area contributed by atoms with Gasteiger partial charge >= 0.3 is 0 Å². The predicted molar refractivity (Wildman–Crippen MR) is 70.7 cm³/mol. The number of benzene rings is 1. The Morgan fingerprint density at radius 2 is 1.94 bits per heavy atom. The van der Waals surface area contributed by atoms with E-state index in [2.05, 4.69) is 11.8 Å². The first-order valence-corrected chi connectivity index (χ1v) is 6.69. The van der Waals surface area contributed by atoms with E-state index < -0.39 is 0 Å². The van der Waals surface area contributed by atoms with Crippen LogP contribution >= 0.6 is 0 Å². The molecule has 1 saturated carbocycles. The van der Waals surface area contributed by atoms with E-state index in [4.69, 9.17) is 0 Å². The molecule has 0 aromatic heterocycles. The number of rotatable bonds is 3. The third-order valence-corrected chi connectivity index (χ3v) is 3.95. The van der Waals surface area contributed by atoms with Crippen LogP contribution in [-0.4, -0.2) is 29.2 Å². The first kappa shape index (κ1) is 13.5. The van der Waals surface area contributed by atoms with E-state index in [9.17, 15) is 9.50 Å². The van der Waals surface area contributed by atoms with Crippen LogP contribution in [0, 0.1) is 11.7 Å². The van der Waals surface area contributed by atoms with E-state index in [1.807, 2.05) is 19.2 Å². The second-order valence-electron chi connectivity index (χ2n) is 5.59. The molecule has 0 radical (unpaired) electrons. The second kappa shape index (κ2) is 5.81. The summed E-state index contributed by atoms with van der Waals surface area (Å²) in [5, 5.41) is 10.1. The number of aliphatic hydroxyl groups is 1. The highest BCUT2D eigenvalue weighted by atomic mass is 19.1. The Kier molecular flexibility index (Phi) is 4.36. The third-order valence-electron chi connectivity index (χ3n) is 3.95. The minimum Gasteiger partial charge on any atom is -0.391 e. The quantitative estimate of drug-likeness (QED) is 0.893. The summed E-state index contributed by atoms with van der Waals surface area (Å²) < 4.78 is 12.8. The first-order chi connectivity index (χ1) is 8.56. The van der Waals surface area contributed by atoms with Crippen molar-refractivity contribution in [3.05, 3.63) is 35.6 Å². The standard InChI is InChI=1S/C15H22FNO/c1-11-3-8-15(18)14(9-11)17(2)10-12-4-6-13(16)7-5-12/h4-7,11,14-15,18H,3,8-10H2,1-2H3. The molecule has 0 heterocycles. The summed E-state index contributed by atoms with van der Waals surface area (Å²) in [5.74, 6) is 0.474. The molecule has 1 N–H and O–H groups in total. The molecule has 18 heavy (non-hydrogen) atoms. The number of hydrogen-bond donors (Lipinski definition) is 1. The van der Waals surface area contributed by atoms with Crippen LogP contribution < -0.4 is 0 Å². The normalized spacial score (nSPS) is 28.6. The average molecular weight is 251 g/mol. The fourth-order valence-electron chi connectivity index (χ4n) is 2.80. The first-order valence-electron chi connectivity index (χ1n) is 6.69. The van der Waals surface area contributed by atoms with Crippen molar-refractivity contribution < 1.29 is 9.50 Å². The van der Waals surface area contributed by atoms with Crippen molar-refractivity contribution in [1.29, 1.82) is 0 Å². The van der Waals surface area contributed by atoms with Gasteiger partial charge < -0.3 is 5.11 Å². The molecule has 1 aliphatic rings. The van der Waals surface area contributed by atoms with Crippen LogP contribution in [-0.2, 0) is 6.54 Å². The van der Waals surface area contributed by atoms with E-state index in [1.165, 1.54) is 12.1 Å². The molecule has 3 heteroatoms. The molecule has 2 nitrogen and oxygen atoms in total. The molecule has 1 aromatic carbocycles. The van der Waals surface area contributed by atoms with Gasteiger partial charge in [-0.2, -0.15) is 0 Å². The molecule has 0 bridgehead atoms. The summed E-state index contributed by atoms with van der Waals surface area (Å²) >= 11 is 0. The van der Waals surface area contributed by atoms with Gasteiger partial charge in [-0.15, -0.1) is 0 Å². The van der Waals surface area contributed by atoms with Crippen molar-refractivity contribution in [1.82, 2.24) is 4.90 Å². The van der Waals surface area contributed by atoms with E-state index in [0.717, 1.165) is 31.4 Å². The smallest absolute Gasteiger partial charge is 0.123 e. The summed E-state index contributed by atoms with van der Waals surface area (Å²) in [6.45, 7) is 3.00. The number of halogens is 1. The van der Waals surface area contributed by atoms with E-state index in [-0.39, 0.29) is 18.0 Å². The lowest BCUT2D eigenvalue weighted by molar-refractivity contribution is 0.0139. The molecule has 100 valence electrons. The van der Waals surface area contributed by atoms with Crippen LogP contribution in [0.5, 0.6) is 0 Å². The summed E-state index contributed by atoms with van der Waals surface area (Å²) in [7, 11) is 2.04. The lowest BCUT2D eigenvalue weighted by atomic mass is 9.84. The zero-order valence-electron chi connectivity index (χ0n) is 11.1. The van der Waals surface area contributed by atoms with E-state index >= 15 is 0 Å². The molecule has 1 aliphatic carbocycles. The van der Waals surface area contributed by atoms with Gasteiger partial charge in [0.05, 0.1) is 6.10 Å². The molecule has 3 unspecified atom stereocenters. The Balaban J connectivity index is 1.98. The molecule has 0 amide bonds. The van der Waals surface area contributed by atoms with E-state index in [0.29, 0.717) is 5.92 Å². The van der Waals surface area contributed by atoms with Gasteiger partial charge in [-0.3, -0.25) is 4.90 Å². The van der Waals surface area contributed by atoms with Crippen molar-refractivity contribution >= 4 is 0 Å². The highest BCUT2D eigenvalue weighted by molar-refractivity contribution is 5.16. The maximum Gasteiger partial charge on any atom is 0.123 e. The van der Waals surface area contributed by atoms with Gasteiger partial charge in [-0.25, -0.2) is 4.39 Å². The molecule has 1 fully saturated rings. The number of hydrogen-bond acceptors (Lipinski definition) is 2. The molecule has 0 saturated heterocycles. The Labute approximate surface area is 108 Å². The molecule has 2 rings (SSSR count). The second-order valence-corrected chi connectivity index (χ2v) is 5.59. The Morgan fingerprint density at radius 3 is 2.61 bits per heavy atom. The van der Waals surface area contributed by atoms with Crippen LogP contribution in [0.2, 0.25) is 0 Å². The minimum absolute atomic E-state index is 0.201. The van der Waals surface area contributed by atoms with Gasteiger partial charge in [0.1, 0.15) is 5.82 Å². The molecule has 0 spiro atoms. The molecule has 3 atom stereocenters. The zero-order valence-corrected chi connectivity index (χ0v) is 11.1. The monoisotopic (exact) mass is 251 g/mol. The van der Waals surface area contributed by atoms with Crippen LogP contribution in [0.3, 0.4) is 0 Å². The fraction of sp³-hybridized carbons (Fsp3) is 0.600. The van der Waals surface area contributed by atoms with Crippen LogP contribution in [0.4, 0.5) is 4.39 Å². The van der Waals surface area contributed by atoms with Gasteiger partial charge in [0.15, 0.2) is 0 Å².